The zero-order valence-electron chi connectivity index (χ0n) is 11.3. The van der Waals surface area contributed by atoms with Gasteiger partial charge in [-0.3, -0.25) is 0 Å². The fourth-order valence-corrected chi connectivity index (χ4v) is 4.11. The van der Waals surface area contributed by atoms with Crippen molar-refractivity contribution in [1.82, 2.24) is 10.6 Å². The van der Waals surface area contributed by atoms with E-state index >= 15 is 0 Å². The second-order valence-electron chi connectivity index (χ2n) is 6.59. The van der Waals surface area contributed by atoms with Crippen molar-refractivity contribution < 1.29 is 0 Å². The molecule has 0 bridgehead atoms. The van der Waals surface area contributed by atoms with Gasteiger partial charge in [-0.2, -0.15) is 0 Å². The maximum atomic E-state index is 3.97. The van der Waals surface area contributed by atoms with E-state index in [0.717, 1.165) is 30.0 Å². The van der Waals surface area contributed by atoms with Crippen LogP contribution in [0.1, 0.15) is 58.3 Å². The van der Waals surface area contributed by atoms with Crippen LogP contribution in [0.2, 0.25) is 0 Å². The highest BCUT2D eigenvalue weighted by Crippen LogP contribution is 2.35. The number of hydrogen-bond acceptors (Lipinski definition) is 2. The minimum Gasteiger partial charge on any atom is -0.314 e. The van der Waals surface area contributed by atoms with Gasteiger partial charge in [0.15, 0.2) is 0 Å². The number of hydrogen-bond donors (Lipinski definition) is 2. The Kier molecular flexibility index (Phi) is 3.72. The van der Waals surface area contributed by atoms with Crippen LogP contribution in [0, 0.1) is 11.8 Å². The maximum Gasteiger partial charge on any atom is 0.0113 e. The van der Waals surface area contributed by atoms with Crippen LogP contribution in [0.15, 0.2) is 0 Å². The zero-order valence-corrected chi connectivity index (χ0v) is 11.3. The lowest BCUT2D eigenvalue weighted by atomic mass is 9.79. The van der Waals surface area contributed by atoms with E-state index in [1.807, 2.05) is 0 Å². The molecule has 5 atom stereocenters. The highest BCUT2D eigenvalue weighted by atomic mass is 15.0. The molecule has 0 amide bonds. The Morgan fingerprint density at radius 1 is 0.882 bits per heavy atom. The summed E-state index contributed by atoms with van der Waals surface area (Å²) in [5.74, 6) is 1.85. The molecule has 1 heterocycles. The summed E-state index contributed by atoms with van der Waals surface area (Å²) < 4.78 is 0. The van der Waals surface area contributed by atoms with Gasteiger partial charge < -0.3 is 10.6 Å². The summed E-state index contributed by atoms with van der Waals surface area (Å²) in [5, 5.41) is 7.74. The van der Waals surface area contributed by atoms with E-state index < -0.39 is 0 Å². The third-order valence-corrected chi connectivity index (χ3v) is 5.48. The third-order valence-electron chi connectivity index (χ3n) is 5.48. The van der Waals surface area contributed by atoms with E-state index in [1.165, 1.54) is 57.9 Å². The van der Waals surface area contributed by atoms with Crippen LogP contribution in [-0.4, -0.2) is 24.7 Å². The van der Waals surface area contributed by atoms with Gasteiger partial charge in [0.05, 0.1) is 0 Å². The fourth-order valence-electron chi connectivity index (χ4n) is 4.11. The van der Waals surface area contributed by atoms with Crippen molar-refractivity contribution in [3.05, 3.63) is 0 Å². The molecule has 2 aliphatic carbocycles. The molecule has 0 aromatic carbocycles. The van der Waals surface area contributed by atoms with Gasteiger partial charge in [-0.15, -0.1) is 0 Å². The summed E-state index contributed by atoms with van der Waals surface area (Å²) >= 11 is 0. The van der Waals surface area contributed by atoms with Crippen LogP contribution in [-0.2, 0) is 0 Å². The summed E-state index contributed by atoms with van der Waals surface area (Å²) in [5.41, 5.74) is 0. The molecule has 0 radical (unpaired) electrons. The van der Waals surface area contributed by atoms with Crippen LogP contribution < -0.4 is 10.6 Å². The molecule has 98 valence electrons. The molecule has 2 saturated carbocycles. The van der Waals surface area contributed by atoms with Crippen LogP contribution in [0.25, 0.3) is 0 Å². The molecule has 2 nitrogen and oxygen atoms in total. The molecule has 3 aliphatic rings. The predicted octanol–water partition coefficient (Wildman–Crippen LogP) is 2.69. The van der Waals surface area contributed by atoms with Crippen LogP contribution in [0.5, 0.6) is 0 Å². The SMILES string of the molecule is CC1CCC1NC1CCCC1C1CCCCN1. The van der Waals surface area contributed by atoms with Crippen molar-refractivity contribution in [2.45, 2.75) is 76.4 Å². The highest BCUT2D eigenvalue weighted by molar-refractivity contribution is 4.96. The predicted molar refractivity (Wildman–Crippen MR) is 72.1 cm³/mol. The van der Waals surface area contributed by atoms with E-state index in [1.54, 1.807) is 0 Å². The van der Waals surface area contributed by atoms with Gasteiger partial charge in [0.1, 0.15) is 0 Å². The van der Waals surface area contributed by atoms with Gasteiger partial charge >= 0.3 is 0 Å². The Morgan fingerprint density at radius 3 is 2.47 bits per heavy atom. The van der Waals surface area contributed by atoms with Crippen molar-refractivity contribution in [2.24, 2.45) is 11.8 Å². The van der Waals surface area contributed by atoms with Crippen molar-refractivity contribution >= 4 is 0 Å². The molecular weight excluding hydrogens is 208 g/mol. The van der Waals surface area contributed by atoms with E-state index in [0.29, 0.717) is 0 Å². The average molecular weight is 236 g/mol. The molecule has 3 fully saturated rings. The first kappa shape index (κ1) is 12.0. The fraction of sp³-hybridized carbons (Fsp3) is 1.00. The molecule has 17 heavy (non-hydrogen) atoms. The van der Waals surface area contributed by atoms with E-state index in [9.17, 15) is 0 Å². The van der Waals surface area contributed by atoms with Crippen LogP contribution >= 0.6 is 0 Å². The molecule has 5 unspecified atom stereocenters. The van der Waals surface area contributed by atoms with Gasteiger partial charge in [-0.05, 0) is 56.9 Å². The number of nitrogens with one attached hydrogen (secondary N) is 2. The minimum atomic E-state index is 0.818. The normalized spacial score (nSPS) is 46.8. The standard InChI is InChI=1S/C15H28N2/c1-11-8-9-13(11)17-15-7-4-5-12(15)14-6-2-3-10-16-14/h11-17H,2-10H2,1H3. The van der Waals surface area contributed by atoms with Crippen LogP contribution in [0.4, 0.5) is 0 Å². The topological polar surface area (TPSA) is 24.1 Å². The second-order valence-corrected chi connectivity index (χ2v) is 6.59. The molecule has 1 saturated heterocycles. The first-order valence-corrected chi connectivity index (χ1v) is 7.84. The zero-order chi connectivity index (χ0) is 11.7. The van der Waals surface area contributed by atoms with E-state index in [-0.39, 0.29) is 0 Å². The summed E-state index contributed by atoms with van der Waals surface area (Å²) in [7, 11) is 0. The molecule has 3 rings (SSSR count). The smallest absolute Gasteiger partial charge is 0.0113 e. The molecule has 0 aromatic heterocycles. The van der Waals surface area contributed by atoms with Crippen molar-refractivity contribution in [3.8, 4) is 0 Å². The van der Waals surface area contributed by atoms with Gasteiger partial charge in [0, 0.05) is 18.1 Å². The quantitative estimate of drug-likeness (QED) is 0.787. The largest absolute Gasteiger partial charge is 0.314 e. The van der Waals surface area contributed by atoms with Crippen molar-refractivity contribution in [3.63, 3.8) is 0 Å². The summed E-state index contributed by atoms with van der Waals surface area (Å²) in [6.45, 7) is 3.66. The highest BCUT2D eigenvalue weighted by Gasteiger charge is 2.37. The first-order valence-electron chi connectivity index (χ1n) is 7.84. The second kappa shape index (κ2) is 5.27. The van der Waals surface area contributed by atoms with Crippen molar-refractivity contribution in [1.29, 1.82) is 0 Å². The summed E-state index contributed by atoms with van der Waals surface area (Å²) in [6, 6.07) is 2.47. The monoisotopic (exact) mass is 236 g/mol. The molecule has 0 spiro atoms. The van der Waals surface area contributed by atoms with Gasteiger partial charge in [0.25, 0.3) is 0 Å². The Labute approximate surface area is 106 Å². The van der Waals surface area contributed by atoms with E-state index in [2.05, 4.69) is 17.6 Å². The molecule has 0 aromatic rings. The van der Waals surface area contributed by atoms with Crippen LogP contribution in [0.3, 0.4) is 0 Å². The molecular formula is C15H28N2. The minimum absolute atomic E-state index is 0.818. The Balaban J connectivity index is 1.55. The molecule has 2 N–H and O–H groups in total. The lowest BCUT2D eigenvalue weighted by Gasteiger charge is -2.40. The summed E-state index contributed by atoms with van der Waals surface area (Å²) in [6.07, 6.45) is 11.4. The summed E-state index contributed by atoms with van der Waals surface area (Å²) in [4.78, 5) is 0. The van der Waals surface area contributed by atoms with Gasteiger partial charge in [0.2, 0.25) is 0 Å². The maximum absolute atomic E-state index is 3.97. The Bertz CT molecular complexity index is 247. The lowest BCUT2D eigenvalue weighted by molar-refractivity contribution is 0.174. The Hall–Kier alpha value is -0.0800. The molecule has 1 aliphatic heterocycles. The van der Waals surface area contributed by atoms with Gasteiger partial charge in [-0.25, -0.2) is 0 Å². The number of rotatable bonds is 3. The lowest BCUT2D eigenvalue weighted by Crippen LogP contribution is -2.53. The first-order chi connectivity index (χ1) is 8.34. The van der Waals surface area contributed by atoms with Gasteiger partial charge in [-0.1, -0.05) is 19.8 Å². The van der Waals surface area contributed by atoms with Crippen molar-refractivity contribution in [2.75, 3.05) is 6.54 Å². The Morgan fingerprint density at radius 2 is 1.82 bits per heavy atom. The molecule has 2 heteroatoms. The number of piperidine rings is 1. The average Bonchev–Trinajstić information content (AvgIpc) is 2.83. The van der Waals surface area contributed by atoms with E-state index in [4.69, 9.17) is 0 Å². The third kappa shape index (κ3) is 2.53.